The molecule has 4 rings (SSSR count). The fourth-order valence-electron chi connectivity index (χ4n) is 3.43. The monoisotopic (exact) mass is 316 g/mol. The van der Waals surface area contributed by atoms with E-state index < -0.39 is 17.5 Å². The molecule has 1 fully saturated rings. The number of carbonyl (C=O) groups is 1. The van der Waals surface area contributed by atoms with Gasteiger partial charge in [-0.25, -0.2) is 13.8 Å². The zero-order valence-corrected chi connectivity index (χ0v) is 12.2. The Hall–Kier alpha value is -2.34. The first kappa shape index (κ1) is 14.3. The largest absolute Gasteiger partial charge is 0.368 e. The van der Waals surface area contributed by atoms with E-state index in [0.29, 0.717) is 17.7 Å². The van der Waals surface area contributed by atoms with Gasteiger partial charge in [-0.05, 0) is 42.2 Å². The summed E-state index contributed by atoms with van der Waals surface area (Å²) in [6.07, 6.45) is 2.21. The minimum Gasteiger partial charge on any atom is -0.368 e. The van der Waals surface area contributed by atoms with Crippen LogP contribution in [-0.2, 0) is 11.2 Å². The molecule has 0 unspecified atom stereocenters. The number of primary amides is 1. The first-order valence-electron chi connectivity index (χ1n) is 7.47. The van der Waals surface area contributed by atoms with Crippen LogP contribution in [-0.4, -0.2) is 17.0 Å². The maximum Gasteiger partial charge on any atom is 0.267 e. The van der Waals surface area contributed by atoms with Crippen LogP contribution in [0.5, 0.6) is 0 Å². The van der Waals surface area contributed by atoms with E-state index in [1.165, 1.54) is 18.2 Å². The molecule has 1 saturated heterocycles. The van der Waals surface area contributed by atoms with Crippen LogP contribution in [0.15, 0.2) is 24.3 Å². The van der Waals surface area contributed by atoms with Crippen LogP contribution in [0.4, 0.5) is 8.78 Å². The molecule has 2 atom stereocenters. The number of ether oxygens (including phenoxy) is 1. The van der Waals surface area contributed by atoms with Crippen LogP contribution in [0, 0.1) is 11.6 Å². The van der Waals surface area contributed by atoms with Gasteiger partial charge in [0.15, 0.2) is 0 Å². The minimum atomic E-state index is -0.684. The molecule has 2 bridgehead atoms. The number of hydrogen-bond acceptors (Lipinski definition) is 3. The molecular weight excluding hydrogens is 302 g/mol. The number of nitrogens with two attached hydrogens (primary N) is 1. The molecule has 4 nitrogen and oxygen atoms in total. The van der Waals surface area contributed by atoms with E-state index in [4.69, 9.17) is 10.5 Å². The number of hydrogen-bond donors (Lipinski definition) is 1. The Kier molecular flexibility index (Phi) is 3.16. The van der Waals surface area contributed by atoms with Crippen molar-refractivity contribution in [2.45, 2.75) is 31.5 Å². The number of rotatable bonds is 2. The molecule has 0 aliphatic carbocycles. The van der Waals surface area contributed by atoms with E-state index in [1.54, 1.807) is 0 Å². The second-order valence-corrected chi connectivity index (χ2v) is 5.94. The molecule has 23 heavy (non-hydrogen) atoms. The van der Waals surface area contributed by atoms with E-state index >= 15 is 0 Å². The molecule has 1 aromatic carbocycles. The first-order chi connectivity index (χ1) is 11.0. The first-order valence-corrected chi connectivity index (χ1v) is 7.47. The summed E-state index contributed by atoms with van der Waals surface area (Å²) in [6, 6.07) is 4.90. The summed E-state index contributed by atoms with van der Waals surface area (Å²) in [6.45, 7) is 0. The van der Waals surface area contributed by atoms with Crippen LogP contribution in [0.1, 0.15) is 40.7 Å². The third-order valence-electron chi connectivity index (χ3n) is 4.47. The average molecular weight is 316 g/mol. The second kappa shape index (κ2) is 5.09. The van der Waals surface area contributed by atoms with Crippen molar-refractivity contribution in [1.29, 1.82) is 0 Å². The molecule has 2 aliphatic rings. The maximum atomic E-state index is 14.2. The van der Waals surface area contributed by atoms with Crippen molar-refractivity contribution in [3.05, 3.63) is 52.9 Å². The number of pyridine rings is 1. The number of carbonyl (C=O) groups excluding carboxylic acids is 1. The van der Waals surface area contributed by atoms with Crippen molar-refractivity contribution < 1.29 is 18.3 Å². The zero-order valence-electron chi connectivity index (χ0n) is 12.2. The van der Waals surface area contributed by atoms with Crippen molar-refractivity contribution in [3.63, 3.8) is 0 Å². The van der Waals surface area contributed by atoms with Gasteiger partial charge >= 0.3 is 0 Å². The lowest BCUT2D eigenvalue weighted by Gasteiger charge is -2.26. The molecule has 1 amide bonds. The predicted molar refractivity (Wildman–Crippen MR) is 78.7 cm³/mol. The van der Waals surface area contributed by atoms with Crippen LogP contribution in [0.2, 0.25) is 0 Å². The maximum absolute atomic E-state index is 14.2. The smallest absolute Gasteiger partial charge is 0.267 e. The fourth-order valence-corrected chi connectivity index (χ4v) is 3.43. The van der Waals surface area contributed by atoms with Gasteiger partial charge < -0.3 is 10.5 Å². The summed E-state index contributed by atoms with van der Waals surface area (Å²) in [4.78, 5) is 15.9. The second-order valence-electron chi connectivity index (χ2n) is 5.94. The highest BCUT2D eigenvalue weighted by Crippen LogP contribution is 2.43. The van der Waals surface area contributed by atoms with Crippen molar-refractivity contribution >= 4 is 5.91 Å². The standard InChI is InChI=1S/C17H14F2N2O2/c18-8-1-3-10(13(19)5-8)11-7-14(17(20)22)21-16-12(11)6-9-2-4-15(16)23-9/h1,3,5,7,9,15H,2,4,6H2,(H2,20,22)/t9-,15+/m0/s1. The van der Waals surface area contributed by atoms with Gasteiger partial charge in [0.2, 0.25) is 0 Å². The fraction of sp³-hybridized carbons (Fsp3) is 0.294. The zero-order chi connectivity index (χ0) is 16.1. The molecule has 0 saturated carbocycles. The van der Waals surface area contributed by atoms with Crippen LogP contribution >= 0.6 is 0 Å². The summed E-state index contributed by atoms with van der Waals surface area (Å²) in [7, 11) is 0. The minimum absolute atomic E-state index is 0.0661. The Morgan fingerprint density at radius 3 is 2.78 bits per heavy atom. The third-order valence-corrected chi connectivity index (χ3v) is 4.47. The average Bonchev–Trinajstić information content (AvgIpc) is 2.89. The van der Waals surface area contributed by atoms with Crippen molar-refractivity contribution in [3.8, 4) is 11.1 Å². The molecular formula is C17H14F2N2O2. The molecule has 0 spiro atoms. The topological polar surface area (TPSA) is 65.2 Å². The molecule has 2 N–H and O–H groups in total. The number of aromatic nitrogens is 1. The summed E-state index contributed by atoms with van der Waals surface area (Å²) in [5, 5.41) is 0. The summed E-state index contributed by atoms with van der Waals surface area (Å²) >= 11 is 0. The lowest BCUT2D eigenvalue weighted by atomic mass is 9.92. The normalized spacial score (nSPS) is 22.0. The number of nitrogens with zero attached hydrogens (tertiary/aromatic N) is 1. The quantitative estimate of drug-likeness (QED) is 0.926. The summed E-state index contributed by atoms with van der Waals surface area (Å²) < 4.78 is 33.3. The number of benzene rings is 1. The Labute approximate surface area is 131 Å². The lowest BCUT2D eigenvalue weighted by molar-refractivity contribution is 0.0295. The molecule has 118 valence electrons. The Bertz CT molecular complexity index is 822. The predicted octanol–water partition coefficient (Wildman–Crippen LogP) is 2.90. The summed E-state index contributed by atoms with van der Waals surface area (Å²) in [5.74, 6) is -2.00. The third kappa shape index (κ3) is 2.30. The SMILES string of the molecule is NC(=O)c1cc(-c2ccc(F)cc2F)c2c(n1)[C@H]1CC[C@@H](C2)O1. The molecule has 2 aromatic rings. The van der Waals surface area contributed by atoms with Crippen LogP contribution in [0.3, 0.4) is 0 Å². The van der Waals surface area contributed by atoms with Gasteiger partial charge in [-0.1, -0.05) is 0 Å². The van der Waals surface area contributed by atoms with Gasteiger partial charge in [-0.15, -0.1) is 0 Å². The Morgan fingerprint density at radius 1 is 1.22 bits per heavy atom. The molecule has 2 aliphatic heterocycles. The number of amides is 1. The highest BCUT2D eigenvalue weighted by atomic mass is 19.1. The molecule has 3 heterocycles. The number of halogens is 2. The van der Waals surface area contributed by atoms with Gasteiger partial charge in [-0.2, -0.15) is 0 Å². The van der Waals surface area contributed by atoms with E-state index in [0.717, 1.165) is 24.5 Å². The van der Waals surface area contributed by atoms with Crippen LogP contribution < -0.4 is 5.73 Å². The lowest BCUT2D eigenvalue weighted by Crippen LogP contribution is -2.23. The molecule has 6 heteroatoms. The van der Waals surface area contributed by atoms with E-state index in [9.17, 15) is 13.6 Å². The van der Waals surface area contributed by atoms with Gasteiger partial charge in [-0.3, -0.25) is 4.79 Å². The molecule has 0 radical (unpaired) electrons. The molecule has 1 aromatic heterocycles. The highest BCUT2D eigenvalue weighted by molar-refractivity contribution is 5.92. The van der Waals surface area contributed by atoms with Gasteiger partial charge in [0, 0.05) is 18.1 Å². The Morgan fingerprint density at radius 2 is 2.04 bits per heavy atom. The van der Waals surface area contributed by atoms with Crippen molar-refractivity contribution in [2.75, 3.05) is 0 Å². The number of fused-ring (bicyclic) bond motifs is 4. The van der Waals surface area contributed by atoms with Crippen molar-refractivity contribution in [2.24, 2.45) is 5.73 Å². The van der Waals surface area contributed by atoms with Gasteiger partial charge in [0.25, 0.3) is 5.91 Å². The Balaban J connectivity index is 1.97. The van der Waals surface area contributed by atoms with E-state index in [2.05, 4.69) is 4.98 Å². The van der Waals surface area contributed by atoms with Crippen LogP contribution in [0.25, 0.3) is 11.1 Å². The van der Waals surface area contributed by atoms with Gasteiger partial charge in [0.1, 0.15) is 23.4 Å². The van der Waals surface area contributed by atoms with Gasteiger partial charge in [0.05, 0.1) is 11.8 Å². The highest BCUT2D eigenvalue weighted by Gasteiger charge is 2.37. The summed E-state index contributed by atoms with van der Waals surface area (Å²) in [5.41, 5.74) is 7.72. The van der Waals surface area contributed by atoms with E-state index in [1.807, 2.05) is 0 Å². The van der Waals surface area contributed by atoms with E-state index in [-0.39, 0.29) is 23.5 Å². The van der Waals surface area contributed by atoms with Crippen molar-refractivity contribution in [1.82, 2.24) is 4.98 Å².